The first kappa shape index (κ1) is 13.3. The van der Waals surface area contributed by atoms with Gasteiger partial charge in [0.05, 0.1) is 11.0 Å². The highest BCUT2D eigenvalue weighted by molar-refractivity contribution is 5.86. The third-order valence-electron chi connectivity index (χ3n) is 3.20. The van der Waals surface area contributed by atoms with Crippen molar-refractivity contribution in [2.75, 3.05) is 13.1 Å². The fourth-order valence-electron chi connectivity index (χ4n) is 2.16. The molecule has 2 rings (SSSR count). The first-order valence-electron chi connectivity index (χ1n) is 6.39. The van der Waals surface area contributed by atoms with Gasteiger partial charge in [0.2, 0.25) is 5.91 Å². The van der Waals surface area contributed by atoms with Crippen LogP contribution in [0.5, 0.6) is 0 Å². The maximum Gasteiger partial charge on any atom is 0.242 e. The zero-order chi connectivity index (χ0) is 13.8. The zero-order valence-corrected chi connectivity index (χ0v) is 11.2. The van der Waals surface area contributed by atoms with Gasteiger partial charge in [-0.25, -0.2) is 4.98 Å². The van der Waals surface area contributed by atoms with Crippen LogP contribution in [0, 0.1) is 0 Å². The molecule has 19 heavy (non-hydrogen) atoms. The lowest BCUT2D eigenvalue weighted by Crippen LogP contribution is -2.33. The number of nitrogens with zero attached hydrogens (tertiary/aromatic N) is 3. The summed E-state index contributed by atoms with van der Waals surface area (Å²) in [6.07, 6.45) is 0.690. The molecule has 5 nitrogen and oxygen atoms in total. The summed E-state index contributed by atoms with van der Waals surface area (Å²) in [6.45, 7) is 5.36. The average molecular weight is 259 g/mol. The molecule has 1 amide bonds. The van der Waals surface area contributed by atoms with E-state index in [2.05, 4.69) is 4.98 Å². The van der Waals surface area contributed by atoms with Gasteiger partial charge in [0.1, 0.15) is 6.54 Å². The summed E-state index contributed by atoms with van der Waals surface area (Å²) in [7, 11) is 0. The van der Waals surface area contributed by atoms with Crippen LogP contribution in [0.3, 0.4) is 0 Å². The number of amides is 1. The van der Waals surface area contributed by atoms with Crippen molar-refractivity contribution in [1.82, 2.24) is 14.5 Å². The molecule has 0 unspecified atom stereocenters. The smallest absolute Gasteiger partial charge is 0.242 e. The molecule has 100 valence electrons. The summed E-state index contributed by atoms with van der Waals surface area (Å²) in [4.78, 5) is 29.2. The van der Waals surface area contributed by atoms with E-state index in [1.54, 1.807) is 9.47 Å². The lowest BCUT2D eigenvalue weighted by atomic mass is 10.3. The number of imidazole rings is 1. The Balaban J connectivity index is 2.38. The summed E-state index contributed by atoms with van der Waals surface area (Å²) >= 11 is 0. The highest BCUT2D eigenvalue weighted by atomic mass is 16.2. The van der Waals surface area contributed by atoms with Crippen molar-refractivity contribution in [3.63, 3.8) is 0 Å². The second-order valence-corrected chi connectivity index (χ2v) is 4.23. The number of aromatic nitrogens is 2. The maximum atomic E-state index is 12.1. The molecule has 5 heteroatoms. The highest BCUT2D eigenvalue weighted by Gasteiger charge is 2.15. The molecule has 1 aromatic carbocycles. The Bertz CT molecular complexity index is 600. The van der Waals surface area contributed by atoms with E-state index < -0.39 is 0 Å². The molecule has 0 saturated heterocycles. The maximum absolute atomic E-state index is 12.1. The predicted octanol–water partition coefficient (Wildman–Crippen LogP) is 1.72. The van der Waals surface area contributed by atoms with E-state index in [1.165, 1.54) is 0 Å². The van der Waals surface area contributed by atoms with E-state index >= 15 is 0 Å². The third-order valence-corrected chi connectivity index (χ3v) is 3.20. The Morgan fingerprint density at radius 3 is 2.63 bits per heavy atom. The zero-order valence-electron chi connectivity index (χ0n) is 11.2. The van der Waals surface area contributed by atoms with Crippen LogP contribution in [-0.2, 0) is 11.3 Å². The number of carbonyl (C=O) groups excluding carboxylic acids is 2. The highest BCUT2D eigenvalue weighted by Crippen LogP contribution is 2.15. The van der Waals surface area contributed by atoms with Gasteiger partial charge in [-0.3, -0.25) is 9.59 Å². The van der Waals surface area contributed by atoms with Crippen LogP contribution in [0.1, 0.15) is 24.5 Å². The van der Waals surface area contributed by atoms with E-state index in [0.717, 1.165) is 11.0 Å². The van der Waals surface area contributed by atoms with Crippen molar-refractivity contribution in [3.05, 3.63) is 30.1 Å². The van der Waals surface area contributed by atoms with Crippen LogP contribution in [0.2, 0.25) is 0 Å². The van der Waals surface area contributed by atoms with Crippen molar-refractivity contribution in [1.29, 1.82) is 0 Å². The largest absolute Gasteiger partial charge is 0.342 e. The van der Waals surface area contributed by atoms with E-state index in [9.17, 15) is 9.59 Å². The van der Waals surface area contributed by atoms with Gasteiger partial charge in [-0.2, -0.15) is 0 Å². The molecule has 0 aliphatic heterocycles. The Hall–Kier alpha value is -2.17. The predicted molar refractivity (Wildman–Crippen MR) is 73.0 cm³/mol. The molecular weight excluding hydrogens is 242 g/mol. The Morgan fingerprint density at radius 1 is 1.32 bits per heavy atom. The van der Waals surface area contributed by atoms with Gasteiger partial charge < -0.3 is 9.47 Å². The molecule has 0 fully saturated rings. The quantitative estimate of drug-likeness (QED) is 0.768. The van der Waals surface area contributed by atoms with Crippen LogP contribution < -0.4 is 0 Å². The monoisotopic (exact) mass is 259 g/mol. The first-order valence-corrected chi connectivity index (χ1v) is 6.39. The van der Waals surface area contributed by atoms with Crippen LogP contribution >= 0.6 is 0 Å². The number of rotatable bonds is 5. The van der Waals surface area contributed by atoms with E-state index in [-0.39, 0.29) is 12.5 Å². The molecule has 0 bridgehead atoms. The summed E-state index contributed by atoms with van der Waals surface area (Å²) in [5.74, 6) is 0.290. The van der Waals surface area contributed by atoms with Crippen LogP contribution in [0.25, 0.3) is 11.0 Å². The molecule has 0 aliphatic carbocycles. The third kappa shape index (κ3) is 2.50. The number of likely N-dealkylation sites (N-methyl/N-ethyl adjacent to an activating group) is 1. The minimum absolute atomic E-state index is 0.00347. The number of hydrogen-bond acceptors (Lipinski definition) is 3. The van der Waals surface area contributed by atoms with Gasteiger partial charge >= 0.3 is 0 Å². The number of carbonyl (C=O) groups is 2. The number of aldehydes is 1. The molecular formula is C14H17N3O2. The van der Waals surface area contributed by atoms with Crippen molar-refractivity contribution in [2.45, 2.75) is 20.4 Å². The lowest BCUT2D eigenvalue weighted by molar-refractivity contribution is -0.131. The molecule has 0 spiro atoms. The normalized spacial score (nSPS) is 10.6. The molecule has 0 N–H and O–H groups in total. The number of para-hydroxylation sites is 2. The minimum atomic E-state index is -0.00347. The van der Waals surface area contributed by atoms with Gasteiger partial charge in [-0.05, 0) is 26.0 Å². The van der Waals surface area contributed by atoms with E-state index in [0.29, 0.717) is 25.2 Å². The van der Waals surface area contributed by atoms with Gasteiger partial charge in [0.25, 0.3) is 0 Å². The fourth-order valence-corrected chi connectivity index (χ4v) is 2.16. The van der Waals surface area contributed by atoms with Crippen molar-refractivity contribution < 1.29 is 9.59 Å². The number of hydrogen-bond donors (Lipinski definition) is 0. The molecule has 0 atom stereocenters. The minimum Gasteiger partial charge on any atom is -0.342 e. The Labute approximate surface area is 111 Å². The van der Waals surface area contributed by atoms with Crippen molar-refractivity contribution >= 4 is 23.2 Å². The van der Waals surface area contributed by atoms with Crippen molar-refractivity contribution in [3.8, 4) is 0 Å². The number of fused-ring (bicyclic) bond motifs is 1. The van der Waals surface area contributed by atoms with Crippen LogP contribution in [0.15, 0.2) is 24.3 Å². The lowest BCUT2D eigenvalue weighted by Gasteiger charge is -2.19. The summed E-state index contributed by atoms with van der Waals surface area (Å²) in [5.41, 5.74) is 1.54. The van der Waals surface area contributed by atoms with E-state index in [4.69, 9.17) is 0 Å². The van der Waals surface area contributed by atoms with Gasteiger partial charge in [-0.15, -0.1) is 0 Å². The second-order valence-electron chi connectivity index (χ2n) is 4.23. The van der Waals surface area contributed by atoms with Crippen LogP contribution in [0.4, 0.5) is 0 Å². The summed E-state index contributed by atoms with van der Waals surface area (Å²) < 4.78 is 1.67. The second kappa shape index (κ2) is 5.65. The summed E-state index contributed by atoms with van der Waals surface area (Å²) in [5, 5.41) is 0. The fraction of sp³-hybridized carbons (Fsp3) is 0.357. The molecule has 0 aliphatic rings. The van der Waals surface area contributed by atoms with Gasteiger partial charge in [-0.1, -0.05) is 12.1 Å². The number of benzene rings is 1. The SMILES string of the molecule is CCN(CC)C(=O)Cn1c(C=O)nc2ccccc21. The van der Waals surface area contributed by atoms with Crippen molar-refractivity contribution in [2.24, 2.45) is 0 Å². The Kier molecular flexibility index (Phi) is 3.94. The molecule has 0 radical (unpaired) electrons. The summed E-state index contributed by atoms with van der Waals surface area (Å²) in [6, 6.07) is 7.43. The van der Waals surface area contributed by atoms with Gasteiger partial charge in [0, 0.05) is 13.1 Å². The molecule has 2 aromatic rings. The molecule has 1 aromatic heterocycles. The average Bonchev–Trinajstić information content (AvgIpc) is 2.78. The Morgan fingerprint density at radius 2 is 2.00 bits per heavy atom. The molecule has 0 saturated carbocycles. The van der Waals surface area contributed by atoms with Gasteiger partial charge in [0.15, 0.2) is 12.1 Å². The van der Waals surface area contributed by atoms with Crippen LogP contribution in [-0.4, -0.2) is 39.7 Å². The van der Waals surface area contributed by atoms with E-state index in [1.807, 2.05) is 38.1 Å². The first-order chi connectivity index (χ1) is 9.21. The standard InChI is InChI=1S/C14H17N3O2/c1-3-16(4-2)14(19)9-17-12-8-6-5-7-11(12)15-13(17)10-18/h5-8,10H,3-4,9H2,1-2H3. The topological polar surface area (TPSA) is 55.2 Å². The molecule has 1 heterocycles.